The van der Waals surface area contributed by atoms with Crippen molar-refractivity contribution in [1.29, 1.82) is 0 Å². The summed E-state index contributed by atoms with van der Waals surface area (Å²) in [6.45, 7) is 16.4. The summed E-state index contributed by atoms with van der Waals surface area (Å²) in [5, 5.41) is 14.7. The van der Waals surface area contributed by atoms with Crippen LogP contribution in [0.4, 0.5) is 4.79 Å². The van der Waals surface area contributed by atoms with E-state index >= 15 is 0 Å². The summed E-state index contributed by atoms with van der Waals surface area (Å²) in [6.07, 6.45) is 2.78. The molecule has 0 radical (unpaired) electrons. The lowest BCUT2D eigenvalue weighted by Gasteiger charge is -2.49. The van der Waals surface area contributed by atoms with Crippen molar-refractivity contribution >= 4 is 17.8 Å². The number of alkyl carbamates (subject to hydrolysis) is 1. The highest BCUT2D eigenvalue weighted by Gasteiger charge is 2.58. The van der Waals surface area contributed by atoms with Gasteiger partial charge >= 0.3 is 12.1 Å². The average molecular weight is 708 g/mol. The highest BCUT2D eigenvalue weighted by molar-refractivity contribution is 6.04. The Morgan fingerprint density at radius 1 is 1.04 bits per heavy atom. The van der Waals surface area contributed by atoms with Gasteiger partial charge in [0.2, 0.25) is 0 Å². The number of ketones is 1. The van der Waals surface area contributed by atoms with E-state index in [2.05, 4.69) is 24.1 Å². The molecule has 1 amide bonds. The van der Waals surface area contributed by atoms with Crippen LogP contribution in [0, 0.1) is 23.2 Å². The van der Waals surface area contributed by atoms with E-state index in [1.165, 1.54) is 19.3 Å². The molecule has 12 nitrogen and oxygen atoms in total. The zero-order valence-corrected chi connectivity index (χ0v) is 32.1. The van der Waals surface area contributed by atoms with Crippen LogP contribution in [0.3, 0.4) is 0 Å². The number of likely N-dealkylation sites (N-methyl/N-ethyl adjacent to an activating group) is 1. The molecule has 6 aliphatic heterocycles. The number of rotatable bonds is 6. The lowest BCUT2D eigenvalue weighted by Crippen LogP contribution is -2.62. The van der Waals surface area contributed by atoms with Gasteiger partial charge in [0.25, 0.3) is 0 Å². The van der Waals surface area contributed by atoms with E-state index in [1.54, 1.807) is 13.8 Å². The normalized spacial score (nSPS) is 45.5. The van der Waals surface area contributed by atoms with Crippen LogP contribution in [0.1, 0.15) is 106 Å². The van der Waals surface area contributed by atoms with Gasteiger partial charge in [-0.15, -0.1) is 0 Å². The zero-order chi connectivity index (χ0) is 36.6. The van der Waals surface area contributed by atoms with Crippen molar-refractivity contribution in [2.24, 2.45) is 23.2 Å². The molecule has 6 fully saturated rings. The fourth-order valence-corrected chi connectivity index (χ4v) is 9.65. The molecular weight excluding hydrogens is 642 g/mol. The summed E-state index contributed by atoms with van der Waals surface area (Å²) in [6, 6.07) is -0.575. The fraction of sp³-hybridized carbons (Fsp3) is 0.921. The van der Waals surface area contributed by atoms with Gasteiger partial charge in [-0.1, -0.05) is 40.5 Å². The maximum absolute atomic E-state index is 14.7. The monoisotopic (exact) mass is 707 g/mol. The van der Waals surface area contributed by atoms with Crippen molar-refractivity contribution in [2.45, 2.75) is 160 Å². The number of esters is 1. The third kappa shape index (κ3) is 7.90. The number of likely N-dealkylation sites (tertiary alicyclic amines) is 1. The fourth-order valence-electron chi connectivity index (χ4n) is 9.65. The first-order valence-corrected chi connectivity index (χ1v) is 19.3. The largest absolute Gasteiger partial charge is 0.457 e. The van der Waals surface area contributed by atoms with E-state index in [0.29, 0.717) is 19.3 Å². The molecule has 12 heteroatoms. The molecule has 0 saturated carbocycles. The summed E-state index contributed by atoms with van der Waals surface area (Å²) < 4.78 is 32.4. The molecule has 2 bridgehead atoms. The van der Waals surface area contributed by atoms with Gasteiger partial charge in [0.15, 0.2) is 17.7 Å². The van der Waals surface area contributed by atoms with Gasteiger partial charge < -0.3 is 43.9 Å². The molecular formula is C38H65N3O9. The van der Waals surface area contributed by atoms with Gasteiger partial charge in [-0.2, -0.15) is 0 Å². The number of carbonyl (C=O) groups excluding carboxylic acids is 3. The lowest BCUT2D eigenvalue weighted by atomic mass is 9.70. The summed E-state index contributed by atoms with van der Waals surface area (Å²) in [4.78, 5) is 46.1. The quantitative estimate of drug-likeness (QED) is 0.302. The molecule has 6 rings (SSSR count). The molecule has 50 heavy (non-hydrogen) atoms. The van der Waals surface area contributed by atoms with Crippen molar-refractivity contribution in [2.75, 3.05) is 40.3 Å². The lowest BCUT2D eigenvalue weighted by molar-refractivity contribution is -0.303. The van der Waals surface area contributed by atoms with Crippen LogP contribution < -0.4 is 5.32 Å². The van der Waals surface area contributed by atoms with Gasteiger partial charge in [0, 0.05) is 25.1 Å². The second-order valence-electron chi connectivity index (χ2n) is 17.1. The van der Waals surface area contributed by atoms with E-state index in [4.69, 9.17) is 23.7 Å². The van der Waals surface area contributed by atoms with Gasteiger partial charge in [-0.3, -0.25) is 9.59 Å². The maximum atomic E-state index is 14.7. The molecule has 0 spiro atoms. The number of aliphatic hydroxyl groups is 1. The minimum absolute atomic E-state index is 0.0219. The smallest absolute Gasteiger partial charge is 0.408 e. The van der Waals surface area contributed by atoms with E-state index in [9.17, 15) is 19.5 Å². The van der Waals surface area contributed by atoms with Crippen LogP contribution in [0.25, 0.3) is 0 Å². The number of Topliss-reactive ketones (excluding diaryl/α,β-unsaturated/α-hetero) is 1. The van der Waals surface area contributed by atoms with Crippen molar-refractivity contribution < 1.29 is 43.2 Å². The molecule has 13 atom stereocenters. The highest BCUT2D eigenvalue weighted by atomic mass is 16.7. The number of piperidine rings is 1. The van der Waals surface area contributed by atoms with E-state index in [1.807, 2.05) is 39.8 Å². The molecule has 0 aromatic carbocycles. The number of fused-ring (bicyclic) bond motifs is 10. The summed E-state index contributed by atoms with van der Waals surface area (Å²) in [5.74, 6) is -1.56. The zero-order valence-electron chi connectivity index (χ0n) is 32.1. The van der Waals surface area contributed by atoms with Crippen molar-refractivity contribution in [3.63, 3.8) is 0 Å². The SMILES string of the molecule is CC[C@H]1OC(=O)[C@@]2(C)CCO[C@](C)(C[C@@H](C)CC[C@H](C)[C@H]3NC(=O)O[C@@]31C)[C@H](O[C@@H]1O[C@H](CN3CCCCC3)C[C@H](N(C)C)[C@H]1O)[C@@H](C)C2=O. The minimum Gasteiger partial charge on any atom is -0.457 e. The number of nitrogens with one attached hydrogen (secondary N) is 1. The third-order valence-electron chi connectivity index (χ3n) is 12.8. The van der Waals surface area contributed by atoms with Crippen LogP contribution in [-0.2, 0) is 33.3 Å². The van der Waals surface area contributed by atoms with Crippen LogP contribution in [0.15, 0.2) is 0 Å². The summed E-state index contributed by atoms with van der Waals surface area (Å²) >= 11 is 0. The first-order valence-electron chi connectivity index (χ1n) is 19.3. The molecule has 6 heterocycles. The Bertz CT molecular complexity index is 1210. The number of aliphatic hydroxyl groups excluding tert-OH is 1. The second-order valence-corrected chi connectivity index (χ2v) is 17.1. The molecule has 2 N–H and O–H groups in total. The van der Waals surface area contributed by atoms with Crippen LogP contribution in [-0.4, -0.2) is 127 Å². The summed E-state index contributed by atoms with van der Waals surface area (Å²) in [5.41, 5.74) is -3.56. The Kier molecular flexibility index (Phi) is 12.3. The van der Waals surface area contributed by atoms with Crippen molar-refractivity contribution in [3.8, 4) is 0 Å². The maximum Gasteiger partial charge on any atom is 0.408 e. The van der Waals surface area contributed by atoms with Crippen LogP contribution >= 0.6 is 0 Å². The Morgan fingerprint density at radius 2 is 1.74 bits per heavy atom. The first-order chi connectivity index (χ1) is 23.5. The topological polar surface area (TPSA) is 136 Å². The van der Waals surface area contributed by atoms with Crippen LogP contribution in [0.5, 0.6) is 0 Å². The molecule has 0 aromatic heterocycles. The number of amides is 1. The van der Waals surface area contributed by atoms with Gasteiger partial charge in [-0.25, -0.2) is 4.79 Å². The van der Waals surface area contributed by atoms with Gasteiger partial charge in [0.1, 0.15) is 17.6 Å². The molecule has 6 aliphatic rings. The standard InChI is InChI=1S/C38H65N3O9/c1-10-28-38(7)30(39-35(45)50-38)24(3)15-14-23(2)21-37(6)32(25(4)31(43)36(5,16-19-46-37)34(44)48-28)49-33-29(42)27(40(8)9)20-26(47-33)22-41-17-12-11-13-18-41/h23-30,32-33,42H,10-22H2,1-9H3,(H,39,45)/t23-,24-,25-,26-,27-,28+,29+,30+,32+,33-,36-,37+,38+/m0/s1. The molecule has 0 aliphatic carbocycles. The number of hydrogen-bond donors (Lipinski definition) is 2. The number of ether oxygens (including phenoxy) is 5. The van der Waals surface area contributed by atoms with Crippen molar-refractivity contribution in [3.05, 3.63) is 0 Å². The third-order valence-corrected chi connectivity index (χ3v) is 12.8. The molecule has 0 aromatic rings. The van der Waals surface area contributed by atoms with E-state index in [-0.39, 0.29) is 48.8 Å². The first kappa shape index (κ1) is 39.4. The van der Waals surface area contributed by atoms with Gasteiger partial charge in [-0.05, 0) is 105 Å². The molecule has 0 unspecified atom stereocenters. The minimum atomic E-state index is -1.54. The Labute approximate surface area is 299 Å². The highest BCUT2D eigenvalue weighted by Crippen LogP contribution is 2.44. The van der Waals surface area contributed by atoms with Gasteiger partial charge in [0.05, 0.1) is 23.9 Å². The second kappa shape index (κ2) is 15.6. The van der Waals surface area contributed by atoms with Crippen LogP contribution in [0.2, 0.25) is 0 Å². The average Bonchev–Trinajstić information content (AvgIpc) is 3.38. The number of carbonyl (C=O) groups is 3. The molecule has 286 valence electrons. The predicted molar refractivity (Wildman–Crippen MR) is 187 cm³/mol. The Balaban J connectivity index is 1.49. The Hall–Kier alpha value is -1.83. The molecule has 6 saturated heterocycles. The van der Waals surface area contributed by atoms with Crippen molar-refractivity contribution in [1.82, 2.24) is 15.1 Å². The number of nitrogens with zero attached hydrogens (tertiary/aromatic N) is 2. The Morgan fingerprint density at radius 3 is 2.40 bits per heavy atom. The van der Waals surface area contributed by atoms with E-state index < -0.39 is 59.2 Å². The van der Waals surface area contributed by atoms with E-state index in [0.717, 1.165) is 32.5 Å². The summed E-state index contributed by atoms with van der Waals surface area (Å²) in [7, 11) is 3.93. The predicted octanol–water partition coefficient (Wildman–Crippen LogP) is 4.30. The number of hydrogen-bond acceptors (Lipinski definition) is 11.